The second-order valence-electron chi connectivity index (χ2n) is 4.68. The van der Waals surface area contributed by atoms with Crippen LogP contribution in [-0.2, 0) is 9.68 Å². The topological polar surface area (TPSA) is 61.6 Å². The number of pyridine rings is 1. The van der Waals surface area contributed by atoms with Gasteiger partial charge in [0, 0.05) is 13.1 Å². The van der Waals surface area contributed by atoms with Gasteiger partial charge < -0.3 is 0 Å². The third-order valence-electron chi connectivity index (χ3n) is 3.08. The van der Waals surface area contributed by atoms with Crippen molar-refractivity contribution in [3.8, 4) is 6.07 Å². The molecule has 0 aliphatic rings. The number of anilines is 2. The predicted molar refractivity (Wildman–Crippen MR) is 83.0 cm³/mol. The number of hydrogen-bond donors (Lipinski definition) is 0. The van der Waals surface area contributed by atoms with Crippen LogP contribution in [0.25, 0.3) is 0 Å². The quantitative estimate of drug-likeness (QED) is 0.687. The van der Waals surface area contributed by atoms with Gasteiger partial charge in [0.25, 0.3) is 0 Å². The van der Waals surface area contributed by atoms with Gasteiger partial charge in [0.1, 0.15) is 6.07 Å². The zero-order valence-corrected chi connectivity index (χ0v) is 13.5. The van der Waals surface area contributed by atoms with Crippen LogP contribution in [0.3, 0.4) is 0 Å². The average molecular weight is 292 g/mol. The lowest BCUT2D eigenvalue weighted by Gasteiger charge is -2.25. The van der Waals surface area contributed by atoms with Crippen molar-refractivity contribution in [1.82, 2.24) is 4.98 Å². The van der Waals surface area contributed by atoms with Crippen LogP contribution in [0, 0.1) is 18.3 Å². The van der Waals surface area contributed by atoms with Crippen LogP contribution >= 0.6 is 0 Å². The van der Waals surface area contributed by atoms with Gasteiger partial charge >= 0.3 is 0 Å². The van der Waals surface area contributed by atoms with E-state index in [2.05, 4.69) is 18.0 Å². The van der Waals surface area contributed by atoms with Gasteiger partial charge in [-0.3, -0.25) is 9.68 Å². The van der Waals surface area contributed by atoms with E-state index in [0.29, 0.717) is 23.7 Å². The lowest BCUT2D eigenvalue weighted by Crippen LogP contribution is -2.28. The van der Waals surface area contributed by atoms with Crippen molar-refractivity contribution in [2.24, 2.45) is 0 Å². The van der Waals surface area contributed by atoms with E-state index in [1.165, 1.54) is 0 Å². The summed E-state index contributed by atoms with van der Waals surface area (Å²) in [4.78, 5) is 15.3. The van der Waals surface area contributed by atoms with E-state index >= 15 is 0 Å². The molecule has 0 atom stereocenters. The van der Waals surface area contributed by atoms with Gasteiger partial charge in [0.05, 0.1) is 19.8 Å². The minimum absolute atomic E-state index is 0.529. The molecular weight excluding hydrogens is 268 g/mol. The highest BCUT2D eigenvalue weighted by Crippen LogP contribution is 2.26. The number of nitrogens with zero attached hydrogens (tertiary/aromatic N) is 4. The van der Waals surface area contributed by atoms with Crippen LogP contribution in [0.5, 0.6) is 0 Å². The highest BCUT2D eigenvalue weighted by molar-refractivity contribution is 5.61. The number of aryl methyl sites for hydroxylation is 1. The standard InChI is InChI=1S/C15H24N4O2/c1-6-8-18(20-4)14-10-12(3)13(11-16)15(17-14)19(21-5)9-7-2/h10H,6-9H2,1-5H3. The first-order chi connectivity index (χ1) is 10.1. The highest BCUT2D eigenvalue weighted by atomic mass is 16.7. The van der Waals surface area contributed by atoms with Gasteiger partial charge in [-0.25, -0.2) is 15.1 Å². The zero-order chi connectivity index (χ0) is 15.8. The maximum absolute atomic E-state index is 9.38. The summed E-state index contributed by atoms with van der Waals surface area (Å²) in [5.74, 6) is 1.22. The summed E-state index contributed by atoms with van der Waals surface area (Å²) in [6.07, 6.45) is 1.83. The fourth-order valence-electron chi connectivity index (χ4n) is 2.07. The van der Waals surface area contributed by atoms with Crippen LogP contribution in [0.1, 0.15) is 37.8 Å². The lowest BCUT2D eigenvalue weighted by atomic mass is 10.1. The first kappa shape index (κ1) is 17.2. The van der Waals surface area contributed by atoms with Gasteiger partial charge in [-0.05, 0) is 31.4 Å². The SMILES string of the molecule is CCCN(OC)c1cc(C)c(C#N)c(N(CCC)OC)n1. The molecule has 0 spiro atoms. The monoisotopic (exact) mass is 292 g/mol. The van der Waals surface area contributed by atoms with E-state index in [1.807, 2.05) is 19.9 Å². The van der Waals surface area contributed by atoms with Gasteiger partial charge in [-0.15, -0.1) is 0 Å². The molecule has 0 aliphatic carbocycles. The number of hydrogen-bond acceptors (Lipinski definition) is 6. The summed E-state index contributed by atoms with van der Waals surface area (Å²) in [6.45, 7) is 7.42. The minimum Gasteiger partial charge on any atom is -0.275 e. The smallest absolute Gasteiger partial charge is 0.173 e. The molecule has 1 rings (SSSR count). The van der Waals surface area contributed by atoms with Crippen molar-refractivity contribution >= 4 is 11.6 Å². The first-order valence-corrected chi connectivity index (χ1v) is 7.17. The summed E-state index contributed by atoms with van der Waals surface area (Å²) in [5.41, 5.74) is 1.38. The van der Waals surface area contributed by atoms with Gasteiger partial charge in [0.15, 0.2) is 11.6 Å². The molecule has 0 unspecified atom stereocenters. The minimum atomic E-state index is 0.529. The van der Waals surface area contributed by atoms with Gasteiger partial charge in [-0.1, -0.05) is 13.8 Å². The lowest BCUT2D eigenvalue weighted by molar-refractivity contribution is 0.159. The summed E-state index contributed by atoms with van der Waals surface area (Å²) in [5, 5.41) is 12.8. The molecule has 0 aromatic carbocycles. The predicted octanol–water partition coefficient (Wildman–Crippen LogP) is 2.82. The van der Waals surface area contributed by atoms with Crippen LogP contribution in [0.4, 0.5) is 11.6 Å². The Kier molecular flexibility index (Phi) is 6.92. The van der Waals surface area contributed by atoms with Crippen LogP contribution < -0.4 is 10.1 Å². The maximum atomic E-state index is 9.38. The third kappa shape index (κ3) is 4.06. The van der Waals surface area contributed by atoms with Crippen molar-refractivity contribution in [1.29, 1.82) is 5.26 Å². The molecule has 1 heterocycles. The van der Waals surface area contributed by atoms with Crippen LogP contribution in [0.2, 0.25) is 0 Å². The van der Waals surface area contributed by atoms with Gasteiger partial charge in [-0.2, -0.15) is 5.26 Å². The van der Waals surface area contributed by atoms with E-state index in [0.717, 1.165) is 24.9 Å². The summed E-state index contributed by atoms with van der Waals surface area (Å²) >= 11 is 0. The molecule has 0 N–H and O–H groups in total. The Morgan fingerprint density at radius 3 is 2.19 bits per heavy atom. The Labute approximate surface area is 126 Å². The molecule has 0 aliphatic heterocycles. The van der Waals surface area contributed by atoms with Crippen LogP contribution in [0.15, 0.2) is 6.07 Å². The molecule has 0 amide bonds. The second kappa shape index (κ2) is 8.45. The summed E-state index contributed by atoms with van der Waals surface area (Å²) in [7, 11) is 3.20. The van der Waals surface area contributed by atoms with Crippen molar-refractivity contribution in [3.05, 3.63) is 17.2 Å². The molecular formula is C15H24N4O2. The molecule has 0 fully saturated rings. The molecule has 1 aromatic rings. The highest BCUT2D eigenvalue weighted by Gasteiger charge is 2.18. The Morgan fingerprint density at radius 2 is 1.71 bits per heavy atom. The van der Waals surface area contributed by atoms with Crippen molar-refractivity contribution in [2.45, 2.75) is 33.6 Å². The summed E-state index contributed by atoms with van der Waals surface area (Å²) < 4.78 is 0. The number of rotatable bonds is 8. The molecule has 0 saturated heterocycles. The van der Waals surface area contributed by atoms with Crippen LogP contribution in [-0.4, -0.2) is 32.3 Å². The van der Waals surface area contributed by atoms with E-state index < -0.39 is 0 Å². The second-order valence-corrected chi connectivity index (χ2v) is 4.68. The molecule has 1 aromatic heterocycles. The summed E-state index contributed by atoms with van der Waals surface area (Å²) in [6, 6.07) is 4.07. The fourth-order valence-corrected chi connectivity index (χ4v) is 2.07. The number of aromatic nitrogens is 1. The molecule has 0 radical (unpaired) electrons. The molecule has 116 valence electrons. The largest absolute Gasteiger partial charge is 0.275 e. The van der Waals surface area contributed by atoms with E-state index in [4.69, 9.17) is 9.68 Å². The Bertz CT molecular complexity index is 499. The molecule has 6 nitrogen and oxygen atoms in total. The van der Waals surface area contributed by atoms with Crippen molar-refractivity contribution in [3.63, 3.8) is 0 Å². The fraction of sp³-hybridized carbons (Fsp3) is 0.600. The van der Waals surface area contributed by atoms with Gasteiger partial charge in [0.2, 0.25) is 0 Å². The third-order valence-corrected chi connectivity index (χ3v) is 3.08. The normalized spacial score (nSPS) is 10.3. The maximum Gasteiger partial charge on any atom is 0.173 e. The van der Waals surface area contributed by atoms with E-state index in [9.17, 15) is 5.26 Å². The van der Waals surface area contributed by atoms with Crippen molar-refractivity contribution in [2.75, 3.05) is 37.4 Å². The average Bonchev–Trinajstić information content (AvgIpc) is 2.49. The molecule has 0 saturated carbocycles. The zero-order valence-electron chi connectivity index (χ0n) is 13.5. The van der Waals surface area contributed by atoms with E-state index in [1.54, 1.807) is 24.3 Å². The van der Waals surface area contributed by atoms with Crippen molar-refractivity contribution < 1.29 is 9.68 Å². The molecule has 21 heavy (non-hydrogen) atoms. The number of nitriles is 1. The number of hydroxylamine groups is 2. The Morgan fingerprint density at radius 1 is 1.14 bits per heavy atom. The Hall–Kier alpha value is -1.84. The molecule has 0 bridgehead atoms. The van der Waals surface area contributed by atoms with E-state index in [-0.39, 0.29) is 0 Å². The Balaban J connectivity index is 3.32. The molecule has 6 heteroatoms. The first-order valence-electron chi connectivity index (χ1n) is 7.17.